The number of nitrogens with one attached hydrogen (secondary N) is 1. The van der Waals surface area contributed by atoms with Crippen molar-refractivity contribution in [1.82, 2.24) is 15.3 Å². The summed E-state index contributed by atoms with van der Waals surface area (Å²) >= 11 is 0. The van der Waals surface area contributed by atoms with E-state index in [9.17, 15) is 4.79 Å². The zero-order chi connectivity index (χ0) is 15.5. The summed E-state index contributed by atoms with van der Waals surface area (Å²) in [4.78, 5) is 25.7. The molecular weight excluding hydrogens is 278 g/mol. The van der Waals surface area contributed by atoms with Gasteiger partial charge in [0.15, 0.2) is 0 Å². The maximum absolute atomic E-state index is 11.8. The number of aryl methyl sites for hydroxylation is 1. The summed E-state index contributed by atoms with van der Waals surface area (Å²) in [5, 5.41) is 2.75. The Hall–Kier alpha value is -1.85. The predicted octanol–water partition coefficient (Wildman–Crippen LogP) is 1.35. The Morgan fingerprint density at radius 3 is 2.68 bits per heavy atom. The standard InChI is InChI=1S/C16H25N5O/c1-12-10-14(21-9-6-13(11-21)15(22)17-2)19-16(18-12)20-7-4-3-5-8-20/h10,13H,3-9,11H2,1-2H3,(H,17,22). The van der Waals surface area contributed by atoms with E-state index >= 15 is 0 Å². The molecule has 22 heavy (non-hydrogen) atoms. The lowest BCUT2D eigenvalue weighted by Gasteiger charge is -2.28. The third kappa shape index (κ3) is 3.15. The molecule has 1 aromatic rings. The second-order valence-electron chi connectivity index (χ2n) is 6.26. The van der Waals surface area contributed by atoms with E-state index in [-0.39, 0.29) is 11.8 Å². The Bertz CT molecular complexity index is 541. The number of hydrogen-bond acceptors (Lipinski definition) is 5. The van der Waals surface area contributed by atoms with Crippen LogP contribution in [0.1, 0.15) is 31.4 Å². The van der Waals surface area contributed by atoms with Crippen LogP contribution in [0.25, 0.3) is 0 Å². The fraction of sp³-hybridized carbons (Fsp3) is 0.688. The predicted molar refractivity (Wildman–Crippen MR) is 87.2 cm³/mol. The van der Waals surface area contributed by atoms with Crippen molar-refractivity contribution in [2.75, 3.05) is 43.0 Å². The van der Waals surface area contributed by atoms with Gasteiger partial charge in [0.1, 0.15) is 5.82 Å². The molecule has 6 nitrogen and oxygen atoms in total. The maximum atomic E-state index is 11.8. The van der Waals surface area contributed by atoms with Crippen LogP contribution in [0.5, 0.6) is 0 Å². The Morgan fingerprint density at radius 2 is 1.95 bits per heavy atom. The second kappa shape index (κ2) is 6.50. The van der Waals surface area contributed by atoms with E-state index in [1.165, 1.54) is 19.3 Å². The van der Waals surface area contributed by atoms with Crippen molar-refractivity contribution in [3.05, 3.63) is 11.8 Å². The molecule has 0 radical (unpaired) electrons. The van der Waals surface area contributed by atoms with E-state index in [1.807, 2.05) is 13.0 Å². The van der Waals surface area contributed by atoms with Gasteiger partial charge < -0.3 is 15.1 Å². The minimum Gasteiger partial charge on any atom is -0.359 e. The molecule has 1 amide bonds. The topological polar surface area (TPSA) is 61.4 Å². The number of anilines is 2. The molecule has 0 aliphatic carbocycles. The van der Waals surface area contributed by atoms with E-state index in [4.69, 9.17) is 4.98 Å². The number of carbonyl (C=O) groups excluding carboxylic acids is 1. The van der Waals surface area contributed by atoms with Gasteiger partial charge in [0, 0.05) is 45.0 Å². The van der Waals surface area contributed by atoms with E-state index < -0.39 is 0 Å². The fourth-order valence-electron chi connectivity index (χ4n) is 3.32. The van der Waals surface area contributed by atoms with Crippen LogP contribution in [-0.2, 0) is 4.79 Å². The van der Waals surface area contributed by atoms with Crippen LogP contribution in [0, 0.1) is 12.8 Å². The van der Waals surface area contributed by atoms with Crippen LogP contribution in [-0.4, -0.2) is 49.1 Å². The molecule has 1 atom stereocenters. The molecule has 2 saturated heterocycles. The Balaban J connectivity index is 1.76. The largest absolute Gasteiger partial charge is 0.359 e. The first-order valence-corrected chi connectivity index (χ1v) is 8.24. The van der Waals surface area contributed by atoms with Gasteiger partial charge in [-0.05, 0) is 32.6 Å². The van der Waals surface area contributed by atoms with Gasteiger partial charge in [-0.2, -0.15) is 4.98 Å². The molecule has 6 heteroatoms. The summed E-state index contributed by atoms with van der Waals surface area (Å²) in [5.41, 5.74) is 0.994. The minimum absolute atomic E-state index is 0.0682. The third-order valence-electron chi connectivity index (χ3n) is 4.60. The van der Waals surface area contributed by atoms with Crippen molar-refractivity contribution in [3.63, 3.8) is 0 Å². The summed E-state index contributed by atoms with van der Waals surface area (Å²) < 4.78 is 0. The SMILES string of the molecule is CNC(=O)C1CCN(c2cc(C)nc(N3CCCCC3)n2)C1. The lowest BCUT2D eigenvalue weighted by atomic mass is 10.1. The van der Waals surface area contributed by atoms with Crippen LogP contribution >= 0.6 is 0 Å². The molecule has 0 saturated carbocycles. The zero-order valence-corrected chi connectivity index (χ0v) is 13.5. The van der Waals surface area contributed by atoms with Gasteiger partial charge >= 0.3 is 0 Å². The average molecular weight is 303 g/mol. The van der Waals surface area contributed by atoms with Crippen LogP contribution in [0.4, 0.5) is 11.8 Å². The Kier molecular flexibility index (Phi) is 4.45. The number of carbonyl (C=O) groups is 1. The van der Waals surface area contributed by atoms with Crippen LogP contribution in [0.15, 0.2) is 6.07 Å². The molecule has 2 aliphatic heterocycles. The molecule has 2 fully saturated rings. The lowest BCUT2D eigenvalue weighted by molar-refractivity contribution is -0.123. The molecule has 1 aromatic heterocycles. The van der Waals surface area contributed by atoms with Crippen molar-refractivity contribution in [1.29, 1.82) is 0 Å². The van der Waals surface area contributed by atoms with Crippen LogP contribution in [0.3, 0.4) is 0 Å². The number of hydrogen-bond donors (Lipinski definition) is 1. The van der Waals surface area contributed by atoms with E-state index in [1.54, 1.807) is 7.05 Å². The van der Waals surface area contributed by atoms with Gasteiger partial charge in [-0.3, -0.25) is 4.79 Å². The first kappa shape index (κ1) is 15.1. The Labute approximate surface area is 131 Å². The summed E-state index contributed by atoms with van der Waals surface area (Å²) in [6.07, 6.45) is 4.63. The highest BCUT2D eigenvalue weighted by Gasteiger charge is 2.29. The highest BCUT2D eigenvalue weighted by Crippen LogP contribution is 2.25. The molecule has 3 rings (SSSR count). The molecule has 0 bridgehead atoms. The van der Waals surface area contributed by atoms with E-state index in [0.717, 1.165) is 50.1 Å². The minimum atomic E-state index is 0.0682. The van der Waals surface area contributed by atoms with Gasteiger partial charge in [0.25, 0.3) is 0 Å². The molecule has 1 unspecified atom stereocenters. The first-order chi connectivity index (χ1) is 10.7. The van der Waals surface area contributed by atoms with Crippen molar-refractivity contribution in [3.8, 4) is 0 Å². The monoisotopic (exact) mass is 303 g/mol. The van der Waals surface area contributed by atoms with Crippen LogP contribution < -0.4 is 15.1 Å². The fourth-order valence-corrected chi connectivity index (χ4v) is 3.32. The molecule has 0 aromatic carbocycles. The van der Waals surface area contributed by atoms with Crippen molar-refractivity contribution >= 4 is 17.7 Å². The highest BCUT2D eigenvalue weighted by atomic mass is 16.1. The molecule has 120 valence electrons. The van der Waals surface area contributed by atoms with Gasteiger partial charge in [-0.25, -0.2) is 4.98 Å². The summed E-state index contributed by atoms with van der Waals surface area (Å²) in [7, 11) is 1.70. The van der Waals surface area contributed by atoms with Gasteiger partial charge in [-0.15, -0.1) is 0 Å². The van der Waals surface area contributed by atoms with Gasteiger partial charge in [-0.1, -0.05) is 0 Å². The summed E-state index contributed by atoms with van der Waals surface area (Å²) in [5.74, 6) is 2.00. The molecule has 2 aliphatic rings. The van der Waals surface area contributed by atoms with E-state index in [0.29, 0.717) is 0 Å². The lowest BCUT2D eigenvalue weighted by Crippen LogP contribution is -2.32. The van der Waals surface area contributed by atoms with Gasteiger partial charge in [0.05, 0.1) is 5.92 Å². The number of rotatable bonds is 3. The van der Waals surface area contributed by atoms with Crippen molar-refractivity contribution in [2.45, 2.75) is 32.6 Å². The molecule has 1 N–H and O–H groups in total. The summed E-state index contributed by atoms with van der Waals surface area (Å²) in [6.45, 7) is 5.74. The molecular formula is C16H25N5O. The zero-order valence-electron chi connectivity index (χ0n) is 13.5. The third-order valence-corrected chi connectivity index (χ3v) is 4.60. The normalized spacial score (nSPS) is 22.0. The number of piperidine rings is 1. The average Bonchev–Trinajstić information content (AvgIpc) is 3.04. The van der Waals surface area contributed by atoms with E-state index in [2.05, 4.69) is 20.1 Å². The van der Waals surface area contributed by atoms with Crippen molar-refractivity contribution < 1.29 is 4.79 Å². The van der Waals surface area contributed by atoms with Gasteiger partial charge in [0.2, 0.25) is 11.9 Å². The highest BCUT2D eigenvalue weighted by molar-refractivity contribution is 5.79. The van der Waals surface area contributed by atoms with Crippen molar-refractivity contribution in [2.24, 2.45) is 5.92 Å². The number of amides is 1. The molecule has 3 heterocycles. The molecule has 0 spiro atoms. The number of nitrogens with zero attached hydrogens (tertiary/aromatic N) is 4. The second-order valence-corrected chi connectivity index (χ2v) is 6.26. The van der Waals surface area contributed by atoms with Crippen LogP contribution in [0.2, 0.25) is 0 Å². The summed E-state index contributed by atoms with van der Waals surface area (Å²) in [6, 6.07) is 2.03. The first-order valence-electron chi connectivity index (χ1n) is 8.24. The Morgan fingerprint density at radius 1 is 1.18 bits per heavy atom. The number of aromatic nitrogens is 2. The quantitative estimate of drug-likeness (QED) is 0.913. The smallest absolute Gasteiger partial charge is 0.227 e. The maximum Gasteiger partial charge on any atom is 0.227 e.